The number of hydrogen-bond donors (Lipinski definition) is 0. The first kappa shape index (κ1) is 20.3. The van der Waals surface area contributed by atoms with Gasteiger partial charge in [0.25, 0.3) is 0 Å². The molecule has 1 fully saturated rings. The minimum absolute atomic E-state index is 0.208. The fourth-order valence-electron chi connectivity index (χ4n) is 3.43. The number of carbonyl (C=O) groups excluding carboxylic acids is 1. The standard InChI is InChI=1S/C23H31N3O2/c1-17-14-19(20-8-9-24-18(2)15-20)6-7-21(17)16-25-10-12-26(13-11-25)22(27)28-23(3,4)5/h6-9,14-15H,10-13,16H2,1-5H3. The van der Waals surface area contributed by atoms with Crippen molar-refractivity contribution in [2.45, 2.75) is 46.8 Å². The first-order valence-corrected chi connectivity index (χ1v) is 9.94. The predicted octanol–water partition coefficient (Wildman–Crippen LogP) is 4.42. The maximum Gasteiger partial charge on any atom is 0.410 e. The number of aryl methyl sites for hydroxylation is 2. The molecule has 0 radical (unpaired) electrons. The van der Waals surface area contributed by atoms with Gasteiger partial charge in [-0.25, -0.2) is 4.79 Å². The molecule has 1 saturated heterocycles. The molecule has 150 valence electrons. The summed E-state index contributed by atoms with van der Waals surface area (Å²) in [5.74, 6) is 0. The summed E-state index contributed by atoms with van der Waals surface area (Å²) in [6.07, 6.45) is 1.65. The van der Waals surface area contributed by atoms with Crippen molar-refractivity contribution < 1.29 is 9.53 Å². The Kier molecular flexibility index (Phi) is 6.04. The van der Waals surface area contributed by atoms with E-state index in [0.717, 1.165) is 25.3 Å². The molecule has 1 aromatic carbocycles. The minimum Gasteiger partial charge on any atom is -0.444 e. The Morgan fingerprint density at radius 2 is 1.71 bits per heavy atom. The smallest absolute Gasteiger partial charge is 0.410 e. The monoisotopic (exact) mass is 381 g/mol. The molecule has 0 spiro atoms. The Labute approximate surface area is 168 Å². The Morgan fingerprint density at radius 3 is 2.32 bits per heavy atom. The maximum absolute atomic E-state index is 12.2. The van der Waals surface area contributed by atoms with Gasteiger partial charge in [-0.05, 0) is 69.0 Å². The van der Waals surface area contributed by atoms with Crippen LogP contribution in [0, 0.1) is 13.8 Å². The van der Waals surface area contributed by atoms with Crippen molar-refractivity contribution in [2.24, 2.45) is 0 Å². The third kappa shape index (κ3) is 5.32. The molecular weight excluding hydrogens is 350 g/mol. The minimum atomic E-state index is -0.444. The SMILES string of the molecule is Cc1cc(-c2ccc(CN3CCN(C(=O)OC(C)(C)C)CC3)c(C)c2)ccn1. The van der Waals surface area contributed by atoms with Gasteiger partial charge in [0.1, 0.15) is 5.60 Å². The molecule has 2 heterocycles. The van der Waals surface area contributed by atoms with Crippen molar-refractivity contribution in [3.8, 4) is 11.1 Å². The summed E-state index contributed by atoms with van der Waals surface area (Å²) in [5.41, 5.74) is 5.64. The van der Waals surface area contributed by atoms with E-state index in [1.807, 2.05) is 38.8 Å². The van der Waals surface area contributed by atoms with Crippen LogP contribution < -0.4 is 0 Å². The Morgan fingerprint density at radius 1 is 1.04 bits per heavy atom. The Hall–Kier alpha value is -2.40. The van der Waals surface area contributed by atoms with E-state index in [1.54, 1.807) is 0 Å². The van der Waals surface area contributed by atoms with Gasteiger partial charge in [-0.3, -0.25) is 9.88 Å². The fourth-order valence-corrected chi connectivity index (χ4v) is 3.43. The highest BCUT2D eigenvalue weighted by Gasteiger charge is 2.25. The number of benzene rings is 1. The van der Waals surface area contributed by atoms with Crippen molar-refractivity contribution >= 4 is 6.09 Å². The molecule has 0 bridgehead atoms. The summed E-state index contributed by atoms with van der Waals surface area (Å²) < 4.78 is 5.48. The van der Waals surface area contributed by atoms with Crippen molar-refractivity contribution in [1.29, 1.82) is 0 Å². The molecule has 3 rings (SSSR count). The summed E-state index contributed by atoms with van der Waals surface area (Å²) in [7, 11) is 0. The molecular formula is C23H31N3O2. The summed E-state index contributed by atoms with van der Waals surface area (Å²) in [4.78, 5) is 20.7. The zero-order valence-corrected chi connectivity index (χ0v) is 17.7. The summed E-state index contributed by atoms with van der Waals surface area (Å²) in [5, 5.41) is 0. The molecule has 1 amide bonds. The van der Waals surface area contributed by atoms with Crippen molar-refractivity contribution in [3.05, 3.63) is 53.3 Å². The number of pyridine rings is 1. The van der Waals surface area contributed by atoms with Gasteiger partial charge in [-0.2, -0.15) is 0 Å². The van der Waals surface area contributed by atoms with Gasteiger partial charge in [0.15, 0.2) is 0 Å². The lowest BCUT2D eigenvalue weighted by Crippen LogP contribution is -2.49. The van der Waals surface area contributed by atoms with Crippen LogP contribution in [0.3, 0.4) is 0 Å². The predicted molar refractivity (Wildman–Crippen MR) is 112 cm³/mol. The molecule has 1 aliphatic rings. The van der Waals surface area contributed by atoms with Crippen LogP contribution >= 0.6 is 0 Å². The lowest BCUT2D eigenvalue weighted by molar-refractivity contribution is 0.0139. The van der Waals surface area contributed by atoms with E-state index in [2.05, 4.69) is 47.1 Å². The summed E-state index contributed by atoms with van der Waals surface area (Å²) in [6.45, 7) is 14.0. The first-order valence-electron chi connectivity index (χ1n) is 9.94. The highest BCUT2D eigenvalue weighted by molar-refractivity contribution is 5.68. The zero-order valence-electron chi connectivity index (χ0n) is 17.7. The maximum atomic E-state index is 12.2. The van der Waals surface area contributed by atoms with Gasteiger partial charge in [-0.1, -0.05) is 18.2 Å². The number of nitrogens with zero attached hydrogens (tertiary/aromatic N) is 3. The average molecular weight is 382 g/mol. The highest BCUT2D eigenvalue weighted by atomic mass is 16.6. The molecule has 28 heavy (non-hydrogen) atoms. The molecule has 2 aromatic rings. The van der Waals surface area contributed by atoms with Crippen LogP contribution in [0.15, 0.2) is 36.5 Å². The number of carbonyl (C=O) groups is 1. The number of aromatic nitrogens is 1. The van der Waals surface area contributed by atoms with Gasteiger partial charge in [-0.15, -0.1) is 0 Å². The van der Waals surface area contributed by atoms with Crippen LogP contribution in [0.25, 0.3) is 11.1 Å². The highest BCUT2D eigenvalue weighted by Crippen LogP contribution is 2.24. The van der Waals surface area contributed by atoms with Crippen LogP contribution in [-0.2, 0) is 11.3 Å². The van der Waals surface area contributed by atoms with Crippen molar-refractivity contribution in [2.75, 3.05) is 26.2 Å². The van der Waals surface area contributed by atoms with Crippen molar-refractivity contribution in [1.82, 2.24) is 14.8 Å². The second-order valence-corrected chi connectivity index (χ2v) is 8.57. The van der Waals surface area contributed by atoms with E-state index >= 15 is 0 Å². The molecule has 0 aliphatic carbocycles. The largest absolute Gasteiger partial charge is 0.444 e. The van der Waals surface area contributed by atoms with E-state index in [1.165, 1.54) is 22.3 Å². The zero-order chi connectivity index (χ0) is 20.3. The second kappa shape index (κ2) is 8.31. The molecule has 0 unspecified atom stereocenters. The van der Waals surface area contributed by atoms with E-state index in [0.29, 0.717) is 13.1 Å². The quantitative estimate of drug-likeness (QED) is 0.790. The molecule has 5 heteroatoms. The van der Waals surface area contributed by atoms with E-state index < -0.39 is 5.60 Å². The van der Waals surface area contributed by atoms with Gasteiger partial charge in [0, 0.05) is 44.6 Å². The Bertz CT molecular complexity index is 834. The molecule has 0 atom stereocenters. The molecule has 0 N–H and O–H groups in total. The number of ether oxygens (including phenoxy) is 1. The second-order valence-electron chi connectivity index (χ2n) is 8.57. The summed E-state index contributed by atoms with van der Waals surface area (Å²) in [6, 6.07) is 10.8. The van der Waals surface area contributed by atoms with Gasteiger partial charge in [0.05, 0.1) is 0 Å². The van der Waals surface area contributed by atoms with E-state index in [-0.39, 0.29) is 6.09 Å². The van der Waals surface area contributed by atoms with Crippen LogP contribution in [0.2, 0.25) is 0 Å². The van der Waals surface area contributed by atoms with E-state index in [9.17, 15) is 4.79 Å². The molecule has 1 aliphatic heterocycles. The number of hydrogen-bond acceptors (Lipinski definition) is 4. The van der Waals surface area contributed by atoms with Crippen LogP contribution in [-0.4, -0.2) is 52.7 Å². The van der Waals surface area contributed by atoms with Crippen LogP contribution in [0.1, 0.15) is 37.6 Å². The van der Waals surface area contributed by atoms with Crippen molar-refractivity contribution in [3.63, 3.8) is 0 Å². The molecule has 5 nitrogen and oxygen atoms in total. The fraction of sp³-hybridized carbons (Fsp3) is 0.478. The normalized spacial score (nSPS) is 15.5. The van der Waals surface area contributed by atoms with Gasteiger partial charge in [0.2, 0.25) is 0 Å². The van der Waals surface area contributed by atoms with Crippen LogP contribution in [0.5, 0.6) is 0 Å². The Balaban J connectivity index is 1.59. The molecule has 0 saturated carbocycles. The lowest BCUT2D eigenvalue weighted by Gasteiger charge is -2.35. The van der Waals surface area contributed by atoms with E-state index in [4.69, 9.17) is 4.74 Å². The summed E-state index contributed by atoms with van der Waals surface area (Å²) >= 11 is 0. The van der Waals surface area contributed by atoms with Gasteiger partial charge >= 0.3 is 6.09 Å². The number of rotatable bonds is 3. The third-order valence-corrected chi connectivity index (χ3v) is 4.99. The lowest BCUT2D eigenvalue weighted by atomic mass is 9.99. The molecule has 1 aromatic heterocycles. The van der Waals surface area contributed by atoms with Crippen LogP contribution in [0.4, 0.5) is 4.79 Å². The number of piperazine rings is 1. The topological polar surface area (TPSA) is 45.7 Å². The number of amides is 1. The third-order valence-electron chi connectivity index (χ3n) is 4.99. The van der Waals surface area contributed by atoms with Gasteiger partial charge < -0.3 is 9.64 Å². The first-order chi connectivity index (χ1) is 13.2. The average Bonchev–Trinajstić information content (AvgIpc) is 2.62.